The standard InChI is InChI=1S/C9H9BrN4/c1-14-8(10)7(13-9(14)11)6-4-2-3-5-12-6/h2-5H,1H3,(H2,11,13). The Morgan fingerprint density at radius 1 is 1.43 bits per heavy atom. The molecule has 0 radical (unpaired) electrons. The highest BCUT2D eigenvalue weighted by atomic mass is 79.9. The van der Waals surface area contributed by atoms with E-state index in [4.69, 9.17) is 5.73 Å². The van der Waals surface area contributed by atoms with E-state index in [0.29, 0.717) is 5.95 Å². The molecular weight excluding hydrogens is 244 g/mol. The normalized spacial score (nSPS) is 10.4. The van der Waals surface area contributed by atoms with Gasteiger partial charge in [0, 0.05) is 13.2 Å². The molecule has 2 rings (SSSR count). The Bertz CT molecular complexity index is 449. The van der Waals surface area contributed by atoms with Gasteiger partial charge in [-0.2, -0.15) is 0 Å². The lowest BCUT2D eigenvalue weighted by Crippen LogP contribution is -1.96. The van der Waals surface area contributed by atoms with Gasteiger partial charge in [0.05, 0.1) is 5.69 Å². The number of nitrogens with zero attached hydrogens (tertiary/aromatic N) is 3. The topological polar surface area (TPSA) is 56.7 Å². The van der Waals surface area contributed by atoms with Crippen LogP contribution in [-0.2, 0) is 7.05 Å². The minimum Gasteiger partial charge on any atom is -0.369 e. The van der Waals surface area contributed by atoms with E-state index < -0.39 is 0 Å². The highest BCUT2D eigenvalue weighted by molar-refractivity contribution is 9.10. The average Bonchev–Trinajstić information content (AvgIpc) is 2.47. The first-order valence-corrected chi connectivity index (χ1v) is 4.88. The fraction of sp³-hybridized carbons (Fsp3) is 0.111. The van der Waals surface area contributed by atoms with E-state index in [2.05, 4.69) is 25.9 Å². The minimum atomic E-state index is 0.470. The van der Waals surface area contributed by atoms with Gasteiger partial charge >= 0.3 is 0 Å². The van der Waals surface area contributed by atoms with Crippen LogP contribution in [0.4, 0.5) is 5.95 Å². The van der Waals surface area contributed by atoms with Crippen LogP contribution in [0.2, 0.25) is 0 Å². The van der Waals surface area contributed by atoms with E-state index in [1.165, 1.54) is 0 Å². The van der Waals surface area contributed by atoms with Crippen molar-refractivity contribution >= 4 is 21.9 Å². The van der Waals surface area contributed by atoms with Crippen molar-refractivity contribution in [1.82, 2.24) is 14.5 Å². The number of hydrogen-bond donors (Lipinski definition) is 1. The van der Waals surface area contributed by atoms with E-state index >= 15 is 0 Å². The second-order valence-corrected chi connectivity index (χ2v) is 3.63. The largest absolute Gasteiger partial charge is 0.369 e. The molecule has 0 amide bonds. The van der Waals surface area contributed by atoms with Gasteiger partial charge in [-0.1, -0.05) is 6.07 Å². The fourth-order valence-electron chi connectivity index (χ4n) is 1.16. The first-order valence-electron chi connectivity index (χ1n) is 4.09. The van der Waals surface area contributed by atoms with Crippen LogP contribution >= 0.6 is 15.9 Å². The second kappa shape index (κ2) is 3.42. The monoisotopic (exact) mass is 252 g/mol. The van der Waals surface area contributed by atoms with Gasteiger partial charge in [-0.15, -0.1) is 0 Å². The zero-order chi connectivity index (χ0) is 10.1. The molecule has 0 aliphatic heterocycles. The summed E-state index contributed by atoms with van der Waals surface area (Å²) in [7, 11) is 1.85. The molecule has 0 aromatic carbocycles. The predicted octanol–water partition coefficient (Wildman–Crippen LogP) is 1.83. The Morgan fingerprint density at radius 2 is 2.21 bits per heavy atom. The third-order valence-corrected chi connectivity index (χ3v) is 2.87. The van der Waals surface area contributed by atoms with Crippen molar-refractivity contribution in [1.29, 1.82) is 0 Å². The molecule has 0 spiro atoms. The molecule has 0 aliphatic rings. The van der Waals surface area contributed by atoms with Crippen LogP contribution in [-0.4, -0.2) is 14.5 Å². The molecule has 0 aliphatic carbocycles. The molecule has 0 atom stereocenters. The molecule has 2 aromatic rings. The summed E-state index contributed by atoms with van der Waals surface area (Å²) in [5.74, 6) is 0.470. The van der Waals surface area contributed by atoms with Crippen LogP contribution in [0.5, 0.6) is 0 Å². The number of aromatic nitrogens is 3. The molecule has 4 nitrogen and oxygen atoms in total. The zero-order valence-electron chi connectivity index (χ0n) is 7.61. The van der Waals surface area contributed by atoms with E-state index in [0.717, 1.165) is 16.0 Å². The Labute approximate surface area is 89.9 Å². The maximum Gasteiger partial charge on any atom is 0.201 e. The first-order chi connectivity index (χ1) is 6.70. The van der Waals surface area contributed by atoms with Gasteiger partial charge in [-0.05, 0) is 28.1 Å². The van der Waals surface area contributed by atoms with Gasteiger partial charge in [-0.3, -0.25) is 4.98 Å². The SMILES string of the molecule is Cn1c(N)nc(-c2ccccn2)c1Br. The van der Waals surface area contributed by atoms with Gasteiger partial charge in [0.1, 0.15) is 10.3 Å². The van der Waals surface area contributed by atoms with Crippen LogP contribution in [0.25, 0.3) is 11.4 Å². The molecule has 0 fully saturated rings. The Hall–Kier alpha value is -1.36. The Kier molecular flexibility index (Phi) is 2.25. The summed E-state index contributed by atoms with van der Waals surface area (Å²) in [5, 5.41) is 0. The lowest BCUT2D eigenvalue weighted by molar-refractivity contribution is 0.907. The number of halogens is 1. The van der Waals surface area contributed by atoms with Gasteiger partial charge in [0.15, 0.2) is 0 Å². The van der Waals surface area contributed by atoms with Crippen LogP contribution in [0.1, 0.15) is 0 Å². The number of nitrogens with two attached hydrogens (primary N) is 1. The van der Waals surface area contributed by atoms with Crippen molar-refractivity contribution < 1.29 is 0 Å². The third-order valence-electron chi connectivity index (χ3n) is 1.97. The summed E-state index contributed by atoms with van der Waals surface area (Å²) in [4.78, 5) is 8.41. The number of rotatable bonds is 1. The highest BCUT2D eigenvalue weighted by Gasteiger charge is 2.12. The van der Waals surface area contributed by atoms with Gasteiger partial charge < -0.3 is 10.3 Å². The van der Waals surface area contributed by atoms with Crippen LogP contribution in [0.3, 0.4) is 0 Å². The molecule has 0 saturated carbocycles. The summed E-state index contributed by atoms with van der Waals surface area (Å²) in [6, 6.07) is 5.68. The summed E-state index contributed by atoms with van der Waals surface area (Å²) < 4.78 is 2.61. The molecule has 0 saturated heterocycles. The van der Waals surface area contributed by atoms with Crippen molar-refractivity contribution in [3.05, 3.63) is 29.0 Å². The summed E-state index contributed by atoms with van der Waals surface area (Å²) in [5.41, 5.74) is 7.25. The minimum absolute atomic E-state index is 0.470. The van der Waals surface area contributed by atoms with E-state index in [1.807, 2.05) is 25.2 Å². The Balaban J connectivity index is 2.58. The van der Waals surface area contributed by atoms with Gasteiger partial charge in [0.25, 0.3) is 0 Å². The highest BCUT2D eigenvalue weighted by Crippen LogP contribution is 2.26. The summed E-state index contributed by atoms with van der Waals surface area (Å²) >= 11 is 3.42. The number of hydrogen-bond acceptors (Lipinski definition) is 3. The van der Waals surface area contributed by atoms with Crippen LogP contribution in [0, 0.1) is 0 Å². The van der Waals surface area contributed by atoms with Crippen LogP contribution < -0.4 is 5.73 Å². The second-order valence-electron chi connectivity index (χ2n) is 2.88. The molecule has 2 N–H and O–H groups in total. The molecule has 0 bridgehead atoms. The quantitative estimate of drug-likeness (QED) is 0.843. The molecule has 2 aromatic heterocycles. The first kappa shape index (κ1) is 9.21. The fourth-order valence-corrected chi connectivity index (χ4v) is 1.63. The average molecular weight is 253 g/mol. The molecule has 2 heterocycles. The lowest BCUT2D eigenvalue weighted by atomic mass is 10.3. The number of pyridine rings is 1. The molecule has 0 unspecified atom stereocenters. The van der Waals surface area contributed by atoms with E-state index in [1.54, 1.807) is 10.8 Å². The number of imidazole rings is 1. The van der Waals surface area contributed by atoms with E-state index in [-0.39, 0.29) is 0 Å². The lowest BCUT2D eigenvalue weighted by Gasteiger charge is -1.96. The van der Waals surface area contributed by atoms with Crippen LogP contribution in [0.15, 0.2) is 29.0 Å². The summed E-state index contributed by atoms with van der Waals surface area (Å²) in [6.45, 7) is 0. The third kappa shape index (κ3) is 1.39. The summed E-state index contributed by atoms with van der Waals surface area (Å²) in [6.07, 6.45) is 1.73. The van der Waals surface area contributed by atoms with Crippen molar-refractivity contribution in [2.75, 3.05) is 5.73 Å². The molecule has 72 valence electrons. The van der Waals surface area contributed by atoms with Crippen molar-refractivity contribution in [2.24, 2.45) is 7.05 Å². The molecule has 5 heteroatoms. The zero-order valence-corrected chi connectivity index (χ0v) is 9.19. The Morgan fingerprint density at radius 3 is 2.71 bits per heavy atom. The van der Waals surface area contributed by atoms with Crippen molar-refractivity contribution in [2.45, 2.75) is 0 Å². The smallest absolute Gasteiger partial charge is 0.201 e. The molecular formula is C9H9BrN4. The van der Waals surface area contributed by atoms with E-state index in [9.17, 15) is 0 Å². The van der Waals surface area contributed by atoms with Gasteiger partial charge in [-0.25, -0.2) is 4.98 Å². The van der Waals surface area contributed by atoms with Crippen molar-refractivity contribution in [3.8, 4) is 11.4 Å². The van der Waals surface area contributed by atoms with Gasteiger partial charge in [0.2, 0.25) is 5.95 Å². The number of nitrogen functional groups attached to an aromatic ring is 1. The van der Waals surface area contributed by atoms with Crippen molar-refractivity contribution in [3.63, 3.8) is 0 Å². The maximum absolute atomic E-state index is 5.67. The number of anilines is 1. The maximum atomic E-state index is 5.67. The molecule has 14 heavy (non-hydrogen) atoms. The predicted molar refractivity (Wildman–Crippen MR) is 58.6 cm³/mol.